The van der Waals surface area contributed by atoms with Gasteiger partial charge in [-0.3, -0.25) is 4.98 Å². The van der Waals surface area contributed by atoms with E-state index in [9.17, 15) is 13.2 Å². The Bertz CT molecular complexity index is 949. The molecule has 1 nitrogen and oxygen atoms in total. The molecule has 0 N–H and O–H groups in total. The van der Waals surface area contributed by atoms with E-state index < -0.39 is 11.7 Å². The van der Waals surface area contributed by atoms with Crippen LogP contribution in [0.1, 0.15) is 41.0 Å². The van der Waals surface area contributed by atoms with Crippen molar-refractivity contribution in [2.45, 2.75) is 43.5 Å². The number of hydrogen-bond donors (Lipinski definition) is 0. The Morgan fingerprint density at radius 2 is 1.68 bits per heavy atom. The van der Waals surface area contributed by atoms with Crippen LogP contribution < -0.4 is 0 Å². The lowest BCUT2D eigenvalue weighted by Gasteiger charge is -2.18. The molecule has 0 spiro atoms. The lowest BCUT2D eigenvalue weighted by Crippen LogP contribution is -2.04. The molecule has 3 rings (SSSR count). The molecule has 3 aromatic rings. The Balaban J connectivity index is 1.84. The average Bonchev–Trinajstić information content (AvgIpc) is 2.66. The molecule has 1 heterocycles. The van der Waals surface area contributed by atoms with Crippen molar-refractivity contribution in [2.24, 2.45) is 0 Å². The minimum atomic E-state index is -4.33. The zero-order valence-electron chi connectivity index (χ0n) is 16.0. The first-order chi connectivity index (χ1) is 13.3. The second kappa shape index (κ2) is 8.39. The molecule has 0 saturated heterocycles. The monoisotopic (exact) mass is 401 g/mol. The maximum Gasteiger partial charge on any atom is 0.416 e. The van der Waals surface area contributed by atoms with E-state index in [1.807, 2.05) is 30.8 Å². The van der Waals surface area contributed by atoms with Crippen molar-refractivity contribution in [2.75, 3.05) is 0 Å². The zero-order chi connectivity index (χ0) is 20.3. The van der Waals surface area contributed by atoms with Crippen molar-refractivity contribution in [1.29, 1.82) is 0 Å². The summed E-state index contributed by atoms with van der Waals surface area (Å²) in [5.41, 5.74) is 4.01. The van der Waals surface area contributed by atoms with Crippen LogP contribution in [0.3, 0.4) is 0 Å². The third-order valence-corrected chi connectivity index (χ3v) is 6.02. The number of halogens is 3. The number of hydrogen-bond acceptors (Lipinski definition) is 2. The van der Waals surface area contributed by atoms with Crippen LogP contribution in [-0.2, 0) is 6.18 Å². The van der Waals surface area contributed by atoms with E-state index in [1.54, 1.807) is 0 Å². The molecule has 0 aliphatic rings. The first-order valence-corrected chi connectivity index (χ1v) is 10.0. The van der Waals surface area contributed by atoms with Gasteiger partial charge in [0.15, 0.2) is 0 Å². The highest BCUT2D eigenvalue weighted by Gasteiger charge is 2.30. The fraction of sp³-hybridized carbons (Fsp3) is 0.261. The summed E-state index contributed by atoms with van der Waals surface area (Å²) in [6, 6.07) is 17.5. The molecule has 0 amide bonds. The SMILES string of the molecule is CCC(Sc1cccc(C)c1)c1ccc(-c2ccc(C(F)(F)F)cc2)nc1C. The van der Waals surface area contributed by atoms with E-state index in [4.69, 9.17) is 0 Å². The molecule has 28 heavy (non-hydrogen) atoms. The van der Waals surface area contributed by atoms with Gasteiger partial charge in [-0.2, -0.15) is 13.2 Å². The summed E-state index contributed by atoms with van der Waals surface area (Å²) in [5, 5.41) is 0.274. The highest BCUT2D eigenvalue weighted by molar-refractivity contribution is 7.99. The van der Waals surface area contributed by atoms with Gasteiger partial charge in [-0.1, -0.05) is 42.8 Å². The smallest absolute Gasteiger partial charge is 0.253 e. The first kappa shape index (κ1) is 20.5. The van der Waals surface area contributed by atoms with Crippen molar-refractivity contribution in [1.82, 2.24) is 4.98 Å². The summed E-state index contributed by atoms with van der Waals surface area (Å²) < 4.78 is 38.3. The number of aryl methyl sites for hydroxylation is 2. The third kappa shape index (κ3) is 4.76. The van der Waals surface area contributed by atoms with E-state index in [2.05, 4.69) is 43.1 Å². The van der Waals surface area contributed by atoms with Crippen LogP contribution in [0.2, 0.25) is 0 Å². The second-order valence-electron chi connectivity index (χ2n) is 6.78. The standard InChI is InChI=1S/C23H22F3NS/c1-4-22(28-19-7-5-6-15(2)14-19)20-12-13-21(27-16(20)3)17-8-10-18(11-9-17)23(24,25)26/h5-14,22H,4H2,1-3H3. The highest BCUT2D eigenvalue weighted by atomic mass is 32.2. The summed E-state index contributed by atoms with van der Waals surface area (Å²) in [4.78, 5) is 5.89. The molecule has 1 unspecified atom stereocenters. The van der Waals surface area contributed by atoms with Gasteiger partial charge in [0.1, 0.15) is 0 Å². The minimum absolute atomic E-state index is 0.274. The summed E-state index contributed by atoms with van der Waals surface area (Å²) in [5.74, 6) is 0. The Kier molecular flexibility index (Phi) is 6.14. The predicted octanol–water partition coefficient (Wildman–Crippen LogP) is 7.63. The van der Waals surface area contributed by atoms with E-state index >= 15 is 0 Å². The fourth-order valence-electron chi connectivity index (χ4n) is 3.12. The molecule has 0 aliphatic carbocycles. The van der Waals surface area contributed by atoms with Crippen LogP contribution in [0.4, 0.5) is 13.2 Å². The van der Waals surface area contributed by atoms with Crippen molar-refractivity contribution < 1.29 is 13.2 Å². The number of rotatable bonds is 5. The lowest BCUT2D eigenvalue weighted by molar-refractivity contribution is -0.137. The quantitative estimate of drug-likeness (QED) is 0.408. The van der Waals surface area contributed by atoms with E-state index in [0.717, 1.165) is 29.8 Å². The Morgan fingerprint density at radius 1 is 0.964 bits per heavy atom. The average molecular weight is 401 g/mol. The van der Waals surface area contributed by atoms with Crippen LogP contribution in [-0.4, -0.2) is 4.98 Å². The van der Waals surface area contributed by atoms with Crippen LogP contribution in [0.5, 0.6) is 0 Å². The summed E-state index contributed by atoms with van der Waals surface area (Å²) >= 11 is 1.81. The van der Waals surface area contributed by atoms with Gasteiger partial charge in [0.05, 0.1) is 11.3 Å². The number of thioether (sulfide) groups is 1. The van der Waals surface area contributed by atoms with Crippen molar-refractivity contribution in [3.63, 3.8) is 0 Å². The fourth-order valence-corrected chi connectivity index (χ4v) is 4.40. The molecular weight excluding hydrogens is 379 g/mol. The van der Waals surface area contributed by atoms with Gasteiger partial charge in [0.2, 0.25) is 0 Å². The zero-order valence-corrected chi connectivity index (χ0v) is 16.9. The van der Waals surface area contributed by atoms with E-state index in [-0.39, 0.29) is 5.25 Å². The largest absolute Gasteiger partial charge is 0.416 e. The van der Waals surface area contributed by atoms with Gasteiger partial charge < -0.3 is 0 Å². The van der Waals surface area contributed by atoms with Gasteiger partial charge in [-0.15, -0.1) is 11.8 Å². The minimum Gasteiger partial charge on any atom is -0.253 e. The maximum atomic E-state index is 12.8. The Hall–Kier alpha value is -2.27. The van der Waals surface area contributed by atoms with Crippen LogP contribution in [0.25, 0.3) is 11.3 Å². The molecular formula is C23H22F3NS. The molecule has 0 bridgehead atoms. The number of alkyl halides is 3. The molecule has 1 atom stereocenters. The Labute approximate surface area is 168 Å². The summed E-state index contributed by atoms with van der Waals surface area (Å²) in [7, 11) is 0. The summed E-state index contributed by atoms with van der Waals surface area (Å²) in [6.07, 6.45) is -3.37. The van der Waals surface area contributed by atoms with Gasteiger partial charge in [0.25, 0.3) is 0 Å². The molecule has 0 radical (unpaired) electrons. The van der Waals surface area contributed by atoms with Crippen molar-refractivity contribution in [3.05, 3.63) is 83.0 Å². The van der Waals surface area contributed by atoms with E-state index in [1.165, 1.54) is 22.6 Å². The van der Waals surface area contributed by atoms with Crippen LogP contribution >= 0.6 is 11.8 Å². The Morgan fingerprint density at radius 3 is 2.25 bits per heavy atom. The molecule has 1 aromatic heterocycles. The first-order valence-electron chi connectivity index (χ1n) is 9.16. The molecule has 0 aliphatic heterocycles. The normalized spacial score (nSPS) is 12.8. The maximum absolute atomic E-state index is 12.8. The van der Waals surface area contributed by atoms with Gasteiger partial charge >= 0.3 is 6.18 Å². The molecule has 5 heteroatoms. The molecule has 0 saturated carbocycles. The predicted molar refractivity (Wildman–Crippen MR) is 109 cm³/mol. The van der Waals surface area contributed by atoms with Crippen molar-refractivity contribution >= 4 is 11.8 Å². The van der Waals surface area contributed by atoms with Crippen LogP contribution in [0, 0.1) is 13.8 Å². The topological polar surface area (TPSA) is 12.9 Å². The highest BCUT2D eigenvalue weighted by Crippen LogP contribution is 2.39. The number of pyridine rings is 1. The molecule has 0 fully saturated rings. The molecule has 146 valence electrons. The number of nitrogens with zero attached hydrogens (tertiary/aromatic N) is 1. The van der Waals surface area contributed by atoms with E-state index in [0.29, 0.717) is 11.3 Å². The second-order valence-corrected chi connectivity index (χ2v) is 8.05. The van der Waals surface area contributed by atoms with Crippen molar-refractivity contribution in [3.8, 4) is 11.3 Å². The van der Waals surface area contributed by atoms with Crippen LogP contribution in [0.15, 0.2) is 65.6 Å². The lowest BCUT2D eigenvalue weighted by atomic mass is 10.0. The number of aromatic nitrogens is 1. The van der Waals surface area contributed by atoms with Gasteiger partial charge in [-0.05, 0) is 56.2 Å². The summed E-state index contributed by atoms with van der Waals surface area (Å²) in [6.45, 7) is 6.19. The third-order valence-electron chi connectivity index (χ3n) is 4.62. The van der Waals surface area contributed by atoms with Gasteiger partial charge in [-0.25, -0.2) is 0 Å². The van der Waals surface area contributed by atoms with Gasteiger partial charge in [0, 0.05) is 21.4 Å². The molecule has 2 aromatic carbocycles. The number of benzene rings is 2.